The third kappa shape index (κ3) is 6.57. The Morgan fingerprint density at radius 1 is 0.145 bits per heavy atom. The van der Waals surface area contributed by atoms with E-state index >= 15 is 0 Å². The standard InChI is InChI=1S/C76H50/c1-47-39-43-53(44-40-47)67-73-63(49-23-7-3-8-24-49)69-59-35-19-15-31-55(59)57-33-17-21-37-61(57)71(69)65(51-27-11-5-12-28-51)75(73)68(54-45-41-48(2)42-46-54)76-66(52-29-13-6-14-30-52)72-62-38-22-18-34-58(62)56-32-16-20-36-60(56)70(72)64(74(67)76)50-25-9-4-10-26-50/h3-46H,1-2H3. The number of benzene rings is 15. The van der Waals surface area contributed by atoms with Crippen molar-refractivity contribution >= 4 is 86.2 Å². The second-order valence-electron chi connectivity index (χ2n) is 20.6. The highest BCUT2D eigenvalue weighted by atomic mass is 14.3. The van der Waals surface area contributed by atoms with Gasteiger partial charge in [-0.05, 0) is 167 Å². The van der Waals surface area contributed by atoms with E-state index in [1.54, 1.807) is 0 Å². The Morgan fingerprint density at radius 2 is 0.316 bits per heavy atom. The summed E-state index contributed by atoms with van der Waals surface area (Å²) >= 11 is 0. The van der Waals surface area contributed by atoms with Gasteiger partial charge in [-0.1, -0.05) is 278 Å². The topological polar surface area (TPSA) is 0 Å². The van der Waals surface area contributed by atoms with Gasteiger partial charge < -0.3 is 0 Å². The zero-order valence-corrected chi connectivity index (χ0v) is 42.4. The van der Waals surface area contributed by atoms with Crippen LogP contribution in [-0.4, -0.2) is 0 Å². The molecule has 0 atom stereocenters. The van der Waals surface area contributed by atoms with Crippen LogP contribution in [0, 0.1) is 13.8 Å². The predicted octanol–water partition coefficient (Wildman–Crippen LogP) is 21.5. The summed E-state index contributed by atoms with van der Waals surface area (Å²) in [6, 6.07) is 101. The molecule has 0 saturated carbocycles. The smallest absolute Gasteiger partial charge is 0.0000925 e. The molecule has 354 valence electrons. The first-order valence-electron chi connectivity index (χ1n) is 26.6. The van der Waals surface area contributed by atoms with E-state index in [9.17, 15) is 0 Å². The van der Waals surface area contributed by atoms with E-state index in [1.165, 1.54) is 164 Å². The average Bonchev–Trinajstić information content (AvgIpc) is 3.57. The Bertz CT molecular complexity index is 4230. The molecule has 15 rings (SSSR count). The molecular formula is C76H50. The summed E-state index contributed by atoms with van der Waals surface area (Å²) in [7, 11) is 0. The van der Waals surface area contributed by atoms with Gasteiger partial charge in [0.05, 0.1) is 0 Å². The lowest BCUT2D eigenvalue weighted by molar-refractivity contribution is 1.47. The van der Waals surface area contributed by atoms with Crippen molar-refractivity contribution in [1.29, 1.82) is 0 Å². The van der Waals surface area contributed by atoms with E-state index in [0.29, 0.717) is 0 Å². The first-order valence-corrected chi connectivity index (χ1v) is 26.6. The zero-order chi connectivity index (χ0) is 50.4. The van der Waals surface area contributed by atoms with Crippen LogP contribution in [0.2, 0.25) is 0 Å². The highest BCUT2D eigenvalue weighted by molar-refractivity contribution is 6.46. The van der Waals surface area contributed by atoms with Crippen molar-refractivity contribution < 1.29 is 0 Å². The molecule has 0 aromatic heterocycles. The predicted molar refractivity (Wildman–Crippen MR) is 329 cm³/mol. The maximum Gasteiger partial charge on any atom is -0.0000925 e. The Kier molecular flexibility index (Phi) is 10.1. The first-order chi connectivity index (χ1) is 37.6. The fraction of sp³-hybridized carbons (Fsp3) is 0.0263. The van der Waals surface area contributed by atoms with Crippen molar-refractivity contribution in [3.05, 3.63) is 278 Å². The lowest BCUT2D eigenvalue weighted by Crippen LogP contribution is -2.02. The van der Waals surface area contributed by atoms with Crippen molar-refractivity contribution in [2.75, 3.05) is 0 Å². The van der Waals surface area contributed by atoms with Crippen LogP contribution in [0.4, 0.5) is 0 Å². The molecule has 0 heterocycles. The fourth-order valence-electron chi connectivity index (χ4n) is 13.2. The number of fused-ring (bicyclic) bond motifs is 14. The maximum absolute atomic E-state index is 2.40. The van der Waals surface area contributed by atoms with Crippen LogP contribution in [0.5, 0.6) is 0 Å². The van der Waals surface area contributed by atoms with E-state index in [1.807, 2.05) is 0 Å². The Balaban J connectivity index is 1.43. The molecule has 0 aliphatic heterocycles. The largest absolute Gasteiger partial charge is 0.0622 e. The molecule has 0 heteroatoms. The minimum absolute atomic E-state index is 1.18. The second-order valence-corrected chi connectivity index (χ2v) is 20.6. The molecule has 0 aliphatic carbocycles. The minimum Gasteiger partial charge on any atom is -0.0622 e. The highest BCUT2D eigenvalue weighted by Crippen LogP contribution is 2.61. The summed E-state index contributed by atoms with van der Waals surface area (Å²) in [5.41, 5.74) is 16.9. The number of hydrogen-bond donors (Lipinski definition) is 0. The van der Waals surface area contributed by atoms with E-state index < -0.39 is 0 Å². The molecule has 0 amide bonds. The number of rotatable bonds is 6. The van der Waals surface area contributed by atoms with Crippen molar-refractivity contribution in [3.63, 3.8) is 0 Å². The summed E-state index contributed by atoms with van der Waals surface area (Å²) in [5.74, 6) is 0. The van der Waals surface area contributed by atoms with Crippen molar-refractivity contribution in [2.24, 2.45) is 0 Å². The first kappa shape index (κ1) is 43.9. The molecule has 0 aliphatic rings. The van der Waals surface area contributed by atoms with Crippen LogP contribution >= 0.6 is 0 Å². The van der Waals surface area contributed by atoms with Gasteiger partial charge in [-0.2, -0.15) is 0 Å². The van der Waals surface area contributed by atoms with Gasteiger partial charge >= 0.3 is 0 Å². The van der Waals surface area contributed by atoms with E-state index in [2.05, 4.69) is 281 Å². The Hall–Kier alpha value is -9.62. The zero-order valence-electron chi connectivity index (χ0n) is 42.4. The second kappa shape index (κ2) is 17.5. The fourth-order valence-corrected chi connectivity index (χ4v) is 13.2. The molecule has 15 aromatic carbocycles. The molecule has 15 aromatic rings. The van der Waals surface area contributed by atoms with Gasteiger partial charge in [0.15, 0.2) is 0 Å². The van der Waals surface area contributed by atoms with E-state index in [0.717, 1.165) is 0 Å². The molecule has 0 nitrogen and oxygen atoms in total. The molecule has 0 unspecified atom stereocenters. The molecule has 0 radical (unpaired) electrons. The monoisotopic (exact) mass is 962 g/mol. The summed E-state index contributed by atoms with van der Waals surface area (Å²) in [5, 5.41) is 20.0. The average molecular weight is 963 g/mol. The van der Waals surface area contributed by atoms with Crippen molar-refractivity contribution in [1.82, 2.24) is 0 Å². The summed E-state index contributed by atoms with van der Waals surface area (Å²) in [6.45, 7) is 4.42. The molecule has 0 N–H and O–H groups in total. The van der Waals surface area contributed by atoms with Gasteiger partial charge in [0.2, 0.25) is 0 Å². The molecule has 0 fully saturated rings. The molecular weight excluding hydrogens is 913 g/mol. The lowest BCUT2D eigenvalue weighted by atomic mass is 9.72. The summed E-state index contributed by atoms with van der Waals surface area (Å²) in [6.07, 6.45) is 0. The van der Waals surface area contributed by atoms with Gasteiger partial charge in [-0.3, -0.25) is 0 Å². The van der Waals surface area contributed by atoms with E-state index in [4.69, 9.17) is 0 Å². The molecule has 0 saturated heterocycles. The Labute approximate surface area is 442 Å². The highest BCUT2D eigenvalue weighted by Gasteiger charge is 2.33. The van der Waals surface area contributed by atoms with Gasteiger partial charge in [0.1, 0.15) is 0 Å². The van der Waals surface area contributed by atoms with Crippen LogP contribution < -0.4 is 0 Å². The summed E-state index contributed by atoms with van der Waals surface area (Å²) in [4.78, 5) is 0. The van der Waals surface area contributed by atoms with Crippen LogP contribution in [0.3, 0.4) is 0 Å². The van der Waals surface area contributed by atoms with Gasteiger partial charge in [-0.25, -0.2) is 0 Å². The third-order valence-electron chi connectivity index (χ3n) is 16.3. The van der Waals surface area contributed by atoms with E-state index in [-0.39, 0.29) is 0 Å². The van der Waals surface area contributed by atoms with Crippen LogP contribution in [0.15, 0.2) is 267 Å². The van der Waals surface area contributed by atoms with Gasteiger partial charge in [0.25, 0.3) is 0 Å². The minimum atomic E-state index is 1.18. The number of hydrogen-bond acceptors (Lipinski definition) is 0. The molecule has 76 heavy (non-hydrogen) atoms. The summed E-state index contributed by atoms with van der Waals surface area (Å²) < 4.78 is 0. The quantitative estimate of drug-likeness (QED) is 0.115. The van der Waals surface area contributed by atoms with Crippen LogP contribution in [0.1, 0.15) is 11.1 Å². The van der Waals surface area contributed by atoms with Gasteiger partial charge in [-0.15, -0.1) is 0 Å². The number of aryl methyl sites for hydroxylation is 2. The Morgan fingerprint density at radius 3 is 0.539 bits per heavy atom. The van der Waals surface area contributed by atoms with Crippen molar-refractivity contribution in [2.45, 2.75) is 13.8 Å². The molecule has 0 spiro atoms. The SMILES string of the molecule is Cc1ccc(-c2c3c(-c4ccccc4)c4c5ccccc5c5ccccc5c4c(-c4ccccc4)c3c(-c3ccc(C)cc3)c3c(-c4ccccc4)c4c5ccccc5c5ccccc5c4c(-c4ccccc4)c23)cc1. The lowest BCUT2D eigenvalue weighted by Gasteiger charge is -2.30. The third-order valence-corrected chi connectivity index (χ3v) is 16.3. The van der Waals surface area contributed by atoms with Crippen molar-refractivity contribution in [3.8, 4) is 66.8 Å². The van der Waals surface area contributed by atoms with Crippen LogP contribution in [0.25, 0.3) is 153 Å². The molecule has 0 bridgehead atoms. The normalized spacial score (nSPS) is 11.8. The van der Waals surface area contributed by atoms with Crippen LogP contribution in [-0.2, 0) is 0 Å². The van der Waals surface area contributed by atoms with Gasteiger partial charge in [0, 0.05) is 0 Å². The maximum atomic E-state index is 2.40.